The summed E-state index contributed by atoms with van der Waals surface area (Å²) in [6.45, 7) is 4.67. The Balaban J connectivity index is 2.13. The lowest BCUT2D eigenvalue weighted by Gasteiger charge is -2.22. The molecule has 7 heteroatoms. The smallest absolute Gasteiger partial charge is 0.305 e. The fraction of sp³-hybridized carbons (Fsp3) is 0.400. The summed E-state index contributed by atoms with van der Waals surface area (Å²) < 4.78 is 0. The fourth-order valence-electron chi connectivity index (χ4n) is 2.10. The molecule has 0 bridgehead atoms. The van der Waals surface area contributed by atoms with Gasteiger partial charge in [0.1, 0.15) is 0 Å². The number of aromatic nitrogens is 2. The molecule has 22 heavy (non-hydrogen) atoms. The molecule has 0 aliphatic heterocycles. The molecule has 0 aliphatic carbocycles. The van der Waals surface area contributed by atoms with Gasteiger partial charge >= 0.3 is 5.97 Å². The molecule has 2 heterocycles. The molecule has 0 aliphatic rings. The second-order valence-electron chi connectivity index (χ2n) is 5.43. The molecule has 0 radical (unpaired) electrons. The monoisotopic (exact) mass is 321 g/mol. The largest absolute Gasteiger partial charge is 0.481 e. The normalized spacial score (nSPS) is 10.9. The van der Waals surface area contributed by atoms with Gasteiger partial charge in [-0.3, -0.25) is 14.7 Å². The number of nitrogens with one attached hydrogen (secondary N) is 1. The van der Waals surface area contributed by atoms with Crippen molar-refractivity contribution in [2.75, 3.05) is 13.1 Å². The number of hydrogen-bond acceptors (Lipinski definition) is 4. The highest BCUT2D eigenvalue weighted by Crippen LogP contribution is 2.23. The van der Waals surface area contributed by atoms with Gasteiger partial charge in [0, 0.05) is 13.1 Å². The van der Waals surface area contributed by atoms with Crippen molar-refractivity contribution in [1.82, 2.24) is 15.1 Å². The molecule has 0 aromatic carbocycles. The van der Waals surface area contributed by atoms with Crippen molar-refractivity contribution in [3.05, 3.63) is 29.3 Å². The van der Waals surface area contributed by atoms with Crippen molar-refractivity contribution >= 4 is 23.2 Å². The first kappa shape index (κ1) is 16.2. The Morgan fingerprint density at radius 3 is 2.82 bits per heavy atom. The standard InChI is InChI=1S/C15H19N3O3S/c1-10(2)9-18(6-5-14(19)20)15(21)12-8-11(16-17-12)13-4-3-7-22-13/h3-4,7-8,10H,5-6,9H2,1-2H3,(H,16,17)(H,19,20). The van der Waals surface area contributed by atoms with Crippen LogP contribution in [0.1, 0.15) is 30.8 Å². The van der Waals surface area contributed by atoms with Gasteiger partial charge in [-0.05, 0) is 23.4 Å². The minimum atomic E-state index is -0.914. The highest BCUT2D eigenvalue weighted by atomic mass is 32.1. The van der Waals surface area contributed by atoms with Crippen molar-refractivity contribution in [2.45, 2.75) is 20.3 Å². The highest BCUT2D eigenvalue weighted by molar-refractivity contribution is 7.13. The van der Waals surface area contributed by atoms with E-state index in [9.17, 15) is 9.59 Å². The lowest BCUT2D eigenvalue weighted by atomic mass is 10.2. The van der Waals surface area contributed by atoms with Gasteiger partial charge in [-0.2, -0.15) is 5.10 Å². The number of aromatic amines is 1. The molecule has 0 saturated carbocycles. The Hall–Kier alpha value is -2.15. The number of carbonyl (C=O) groups excluding carboxylic acids is 1. The second-order valence-corrected chi connectivity index (χ2v) is 6.38. The summed E-state index contributed by atoms with van der Waals surface area (Å²) in [4.78, 5) is 25.8. The number of nitrogens with zero attached hydrogens (tertiary/aromatic N) is 2. The van der Waals surface area contributed by atoms with Crippen molar-refractivity contribution in [3.63, 3.8) is 0 Å². The highest BCUT2D eigenvalue weighted by Gasteiger charge is 2.20. The Bertz CT molecular complexity index is 634. The minimum Gasteiger partial charge on any atom is -0.481 e. The summed E-state index contributed by atoms with van der Waals surface area (Å²) >= 11 is 1.56. The number of amides is 1. The first-order valence-electron chi connectivity index (χ1n) is 7.07. The van der Waals surface area contributed by atoms with Crippen LogP contribution in [0.15, 0.2) is 23.6 Å². The molecular formula is C15H19N3O3S. The van der Waals surface area contributed by atoms with Crippen LogP contribution in [-0.4, -0.2) is 45.2 Å². The summed E-state index contributed by atoms with van der Waals surface area (Å²) in [5.41, 5.74) is 1.11. The van der Waals surface area contributed by atoms with Crippen LogP contribution in [0.3, 0.4) is 0 Å². The molecule has 0 spiro atoms. The van der Waals surface area contributed by atoms with E-state index in [1.54, 1.807) is 22.3 Å². The number of thiophene rings is 1. The molecule has 2 aromatic heterocycles. The molecule has 2 N–H and O–H groups in total. The lowest BCUT2D eigenvalue weighted by Crippen LogP contribution is -2.36. The molecular weight excluding hydrogens is 302 g/mol. The van der Waals surface area contributed by atoms with Gasteiger partial charge in [-0.25, -0.2) is 0 Å². The summed E-state index contributed by atoms with van der Waals surface area (Å²) in [6.07, 6.45) is -0.0688. The molecule has 0 saturated heterocycles. The van der Waals surface area contributed by atoms with Gasteiger partial charge in [-0.1, -0.05) is 19.9 Å². The number of H-pyrrole nitrogens is 1. The number of carboxylic acids is 1. The van der Waals surface area contributed by atoms with E-state index in [2.05, 4.69) is 10.2 Å². The summed E-state index contributed by atoms with van der Waals surface area (Å²) in [5, 5.41) is 17.7. The topological polar surface area (TPSA) is 86.3 Å². The Labute approximate surface area is 132 Å². The average Bonchev–Trinajstić information content (AvgIpc) is 3.11. The maximum absolute atomic E-state index is 12.5. The van der Waals surface area contributed by atoms with E-state index in [1.165, 1.54) is 0 Å². The number of carboxylic acid groups (broad SMARTS) is 1. The third-order valence-corrected chi connectivity index (χ3v) is 3.96. The maximum Gasteiger partial charge on any atom is 0.305 e. The molecule has 0 unspecified atom stereocenters. The molecule has 1 amide bonds. The van der Waals surface area contributed by atoms with Gasteiger partial charge in [0.15, 0.2) is 5.69 Å². The Morgan fingerprint density at radius 2 is 2.23 bits per heavy atom. The van der Waals surface area contributed by atoms with E-state index in [0.717, 1.165) is 10.6 Å². The second kappa shape index (κ2) is 7.22. The molecule has 2 aromatic rings. The Kier molecular flexibility index (Phi) is 5.32. The third kappa shape index (κ3) is 4.17. The van der Waals surface area contributed by atoms with Crippen molar-refractivity contribution < 1.29 is 14.7 Å². The predicted octanol–water partition coefficient (Wildman–Crippen LogP) is 2.71. The molecule has 2 rings (SSSR count). The van der Waals surface area contributed by atoms with Crippen LogP contribution in [0, 0.1) is 5.92 Å². The van der Waals surface area contributed by atoms with Crippen LogP contribution in [-0.2, 0) is 4.79 Å². The molecule has 0 fully saturated rings. The number of rotatable bonds is 7. The number of carbonyl (C=O) groups is 2. The summed E-state index contributed by atoms with van der Waals surface area (Å²) in [5.74, 6) is -0.898. The number of aliphatic carboxylic acids is 1. The molecule has 118 valence electrons. The third-order valence-electron chi connectivity index (χ3n) is 3.05. The van der Waals surface area contributed by atoms with E-state index in [-0.39, 0.29) is 24.8 Å². The lowest BCUT2D eigenvalue weighted by molar-refractivity contribution is -0.137. The van der Waals surface area contributed by atoms with Crippen molar-refractivity contribution in [2.24, 2.45) is 5.92 Å². The SMILES string of the molecule is CC(C)CN(CCC(=O)O)C(=O)c1cc(-c2cccs2)[nH]n1. The van der Waals surface area contributed by atoms with E-state index < -0.39 is 5.97 Å². The first-order valence-corrected chi connectivity index (χ1v) is 7.95. The van der Waals surface area contributed by atoms with Crippen LogP contribution in [0.4, 0.5) is 0 Å². The van der Waals surface area contributed by atoms with Crippen molar-refractivity contribution in [3.8, 4) is 10.6 Å². The van der Waals surface area contributed by atoms with Crippen LogP contribution in [0.25, 0.3) is 10.6 Å². The van der Waals surface area contributed by atoms with Crippen LogP contribution < -0.4 is 0 Å². The molecule has 6 nitrogen and oxygen atoms in total. The van der Waals surface area contributed by atoms with Crippen LogP contribution in [0.2, 0.25) is 0 Å². The van der Waals surface area contributed by atoms with Gasteiger partial charge < -0.3 is 10.0 Å². The van der Waals surface area contributed by atoms with Gasteiger partial charge in [0.25, 0.3) is 5.91 Å². The zero-order chi connectivity index (χ0) is 16.1. The fourth-order valence-corrected chi connectivity index (χ4v) is 2.79. The van der Waals surface area contributed by atoms with Crippen LogP contribution >= 0.6 is 11.3 Å². The van der Waals surface area contributed by atoms with Crippen LogP contribution in [0.5, 0.6) is 0 Å². The van der Waals surface area contributed by atoms with Crippen molar-refractivity contribution in [1.29, 1.82) is 0 Å². The summed E-state index contributed by atoms with van der Waals surface area (Å²) in [6, 6.07) is 5.59. The van der Waals surface area contributed by atoms with E-state index in [1.807, 2.05) is 31.4 Å². The van der Waals surface area contributed by atoms with E-state index in [4.69, 9.17) is 5.11 Å². The van der Waals surface area contributed by atoms with E-state index >= 15 is 0 Å². The van der Waals surface area contributed by atoms with Gasteiger partial charge in [0.2, 0.25) is 0 Å². The predicted molar refractivity (Wildman–Crippen MR) is 84.9 cm³/mol. The molecule has 0 atom stereocenters. The van der Waals surface area contributed by atoms with Gasteiger partial charge in [-0.15, -0.1) is 11.3 Å². The first-order chi connectivity index (χ1) is 10.5. The zero-order valence-electron chi connectivity index (χ0n) is 12.6. The van der Waals surface area contributed by atoms with E-state index in [0.29, 0.717) is 12.2 Å². The Morgan fingerprint density at radius 1 is 1.45 bits per heavy atom. The minimum absolute atomic E-state index is 0.0688. The number of hydrogen-bond donors (Lipinski definition) is 2. The maximum atomic E-state index is 12.5. The quantitative estimate of drug-likeness (QED) is 0.821. The average molecular weight is 321 g/mol. The zero-order valence-corrected chi connectivity index (χ0v) is 13.4. The summed E-state index contributed by atoms with van der Waals surface area (Å²) in [7, 11) is 0. The van der Waals surface area contributed by atoms with Gasteiger partial charge in [0.05, 0.1) is 17.0 Å².